The molecule has 0 radical (unpaired) electrons. The maximum absolute atomic E-state index is 13.8. The largest absolute Gasteiger partial charge is 0.418 e. The van der Waals surface area contributed by atoms with E-state index in [4.69, 9.17) is 17.3 Å². The van der Waals surface area contributed by atoms with Gasteiger partial charge in [-0.3, -0.25) is 10.1 Å². The molecule has 4 heterocycles. The number of benzene rings is 1. The number of fused-ring (bicyclic) bond motifs is 1. The van der Waals surface area contributed by atoms with E-state index in [1.807, 2.05) is 25.5 Å². The molecular weight excluding hydrogens is 619 g/mol. The SMILES string of the molecule is CN(C)C1CCN(C(=O)[C@@H](Cc2cc(Cl)c(N)c(C(F)(F)F)c2)NC(=O)N2CCC(N3Cc4ccsc4NC3=O)CC2)CC1. The molecule has 4 N–H and O–H groups in total. The monoisotopic (exact) mass is 655 g/mol. The molecule has 240 valence electrons. The summed E-state index contributed by atoms with van der Waals surface area (Å²) in [6.45, 7) is 2.17. The van der Waals surface area contributed by atoms with E-state index in [2.05, 4.69) is 15.5 Å². The lowest BCUT2D eigenvalue weighted by Crippen LogP contribution is -2.57. The van der Waals surface area contributed by atoms with Gasteiger partial charge in [0, 0.05) is 50.2 Å². The number of thiophene rings is 1. The summed E-state index contributed by atoms with van der Waals surface area (Å²) in [7, 11) is 3.96. The number of hydrogen-bond acceptors (Lipinski definition) is 6. The van der Waals surface area contributed by atoms with Crippen molar-refractivity contribution >= 4 is 51.6 Å². The van der Waals surface area contributed by atoms with Gasteiger partial charge >= 0.3 is 18.2 Å². The molecule has 0 spiro atoms. The predicted molar refractivity (Wildman–Crippen MR) is 164 cm³/mol. The molecule has 2 fully saturated rings. The number of piperidine rings is 2. The summed E-state index contributed by atoms with van der Waals surface area (Å²) >= 11 is 7.55. The van der Waals surface area contributed by atoms with Gasteiger partial charge in [-0.2, -0.15) is 13.2 Å². The maximum Gasteiger partial charge on any atom is 0.418 e. The van der Waals surface area contributed by atoms with Crippen LogP contribution in [0.1, 0.15) is 42.4 Å². The van der Waals surface area contributed by atoms with Crippen LogP contribution in [-0.4, -0.2) is 96.0 Å². The van der Waals surface area contributed by atoms with E-state index in [9.17, 15) is 27.6 Å². The fourth-order valence-electron chi connectivity index (χ4n) is 6.20. The maximum atomic E-state index is 13.8. The van der Waals surface area contributed by atoms with Crippen LogP contribution in [-0.2, 0) is 23.9 Å². The lowest BCUT2D eigenvalue weighted by molar-refractivity contribution is -0.137. The van der Waals surface area contributed by atoms with Crippen molar-refractivity contribution in [2.24, 2.45) is 0 Å². The highest BCUT2D eigenvalue weighted by Gasteiger charge is 2.37. The van der Waals surface area contributed by atoms with Gasteiger partial charge in [0.15, 0.2) is 0 Å². The van der Waals surface area contributed by atoms with Gasteiger partial charge in [0.05, 0.1) is 22.8 Å². The Morgan fingerprint density at radius 1 is 1.14 bits per heavy atom. The van der Waals surface area contributed by atoms with Gasteiger partial charge in [-0.1, -0.05) is 11.6 Å². The van der Waals surface area contributed by atoms with Crippen molar-refractivity contribution in [1.82, 2.24) is 24.9 Å². The molecule has 5 rings (SSSR count). The van der Waals surface area contributed by atoms with Crippen LogP contribution in [0.3, 0.4) is 0 Å². The first kappa shape index (κ1) is 32.2. The van der Waals surface area contributed by atoms with Gasteiger partial charge in [0.2, 0.25) is 5.91 Å². The summed E-state index contributed by atoms with van der Waals surface area (Å²) in [6.07, 6.45) is -2.32. The van der Waals surface area contributed by atoms with Gasteiger partial charge < -0.3 is 30.7 Å². The highest BCUT2D eigenvalue weighted by molar-refractivity contribution is 7.14. The van der Waals surface area contributed by atoms with Gasteiger partial charge in [-0.05, 0) is 68.9 Å². The predicted octanol–water partition coefficient (Wildman–Crippen LogP) is 4.69. The zero-order valence-corrected chi connectivity index (χ0v) is 26.2. The van der Waals surface area contributed by atoms with Crippen LogP contribution >= 0.6 is 22.9 Å². The number of nitrogens with two attached hydrogens (primary N) is 1. The Bertz CT molecular complexity index is 1390. The molecule has 1 aromatic carbocycles. The number of nitrogens with one attached hydrogen (secondary N) is 2. The van der Waals surface area contributed by atoms with Gasteiger partial charge in [0.25, 0.3) is 0 Å². The van der Waals surface area contributed by atoms with Crippen LogP contribution in [0.15, 0.2) is 23.6 Å². The van der Waals surface area contributed by atoms with Crippen molar-refractivity contribution in [3.05, 3.63) is 45.3 Å². The molecule has 44 heavy (non-hydrogen) atoms. The van der Waals surface area contributed by atoms with Crippen molar-refractivity contribution in [3.8, 4) is 0 Å². The molecule has 3 aliphatic heterocycles. The zero-order chi connectivity index (χ0) is 31.8. The lowest BCUT2D eigenvalue weighted by Gasteiger charge is -2.40. The quantitative estimate of drug-likeness (QED) is 0.391. The Labute approximate surface area is 263 Å². The van der Waals surface area contributed by atoms with Crippen LogP contribution in [0.25, 0.3) is 0 Å². The molecule has 0 aliphatic carbocycles. The third-order valence-corrected chi connectivity index (χ3v) is 9.98. The Balaban J connectivity index is 1.28. The number of nitrogens with zero attached hydrogens (tertiary/aromatic N) is 4. The molecule has 0 bridgehead atoms. The molecule has 2 saturated heterocycles. The van der Waals surface area contributed by atoms with E-state index in [1.165, 1.54) is 17.4 Å². The number of urea groups is 2. The third kappa shape index (κ3) is 7.02. The van der Waals surface area contributed by atoms with Gasteiger partial charge in [-0.15, -0.1) is 11.3 Å². The molecule has 1 aromatic heterocycles. The van der Waals surface area contributed by atoms with E-state index >= 15 is 0 Å². The Morgan fingerprint density at radius 2 is 1.80 bits per heavy atom. The Morgan fingerprint density at radius 3 is 2.43 bits per heavy atom. The number of hydrogen-bond donors (Lipinski definition) is 3. The molecule has 2 aromatic rings. The summed E-state index contributed by atoms with van der Waals surface area (Å²) in [5.41, 5.74) is 5.15. The van der Waals surface area contributed by atoms with Crippen LogP contribution < -0.4 is 16.4 Å². The first-order valence-electron chi connectivity index (χ1n) is 14.6. The molecule has 3 aliphatic rings. The number of nitrogen functional groups attached to an aromatic ring is 1. The van der Waals surface area contributed by atoms with Crippen LogP contribution in [0.5, 0.6) is 0 Å². The smallest absolute Gasteiger partial charge is 0.397 e. The minimum atomic E-state index is -4.73. The average Bonchev–Trinajstić information content (AvgIpc) is 3.44. The number of anilines is 2. The van der Waals surface area contributed by atoms with Crippen molar-refractivity contribution in [2.75, 3.05) is 51.3 Å². The van der Waals surface area contributed by atoms with E-state index in [0.29, 0.717) is 51.6 Å². The average molecular weight is 656 g/mol. The molecule has 5 amide bonds. The first-order chi connectivity index (χ1) is 20.8. The molecule has 0 unspecified atom stereocenters. The van der Waals surface area contributed by atoms with Crippen LogP contribution in [0.4, 0.5) is 33.4 Å². The molecule has 10 nitrogen and oxygen atoms in total. The minimum absolute atomic E-state index is 0.0553. The van der Waals surface area contributed by atoms with E-state index in [1.54, 1.807) is 14.7 Å². The summed E-state index contributed by atoms with van der Waals surface area (Å²) in [5.74, 6) is -0.358. The highest BCUT2D eigenvalue weighted by atomic mass is 35.5. The number of carbonyl (C=O) groups is 3. The summed E-state index contributed by atoms with van der Waals surface area (Å²) in [6, 6.07) is 2.69. The Kier molecular flexibility index (Phi) is 9.52. The molecule has 1 atom stereocenters. The number of likely N-dealkylation sites (tertiary alicyclic amines) is 2. The fraction of sp³-hybridized carbons (Fsp3) is 0.552. The second-order valence-electron chi connectivity index (χ2n) is 11.8. The van der Waals surface area contributed by atoms with Crippen molar-refractivity contribution < 1.29 is 27.6 Å². The minimum Gasteiger partial charge on any atom is -0.397 e. The highest BCUT2D eigenvalue weighted by Crippen LogP contribution is 2.38. The van der Waals surface area contributed by atoms with Crippen LogP contribution in [0, 0.1) is 0 Å². The normalized spacial score (nSPS) is 19.2. The zero-order valence-electron chi connectivity index (χ0n) is 24.6. The summed E-state index contributed by atoms with van der Waals surface area (Å²) in [4.78, 5) is 47.1. The first-order valence-corrected chi connectivity index (χ1v) is 15.9. The van der Waals surface area contributed by atoms with Crippen molar-refractivity contribution in [2.45, 2.75) is 63.0 Å². The number of halogens is 4. The number of alkyl halides is 3. The lowest BCUT2D eigenvalue weighted by atomic mass is 9.98. The third-order valence-electron chi connectivity index (χ3n) is 8.80. The van der Waals surface area contributed by atoms with Gasteiger partial charge in [0.1, 0.15) is 11.0 Å². The Hall–Kier alpha value is -3.23. The molecule has 0 saturated carbocycles. The number of carbonyl (C=O) groups excluding carboxylic acids is 3. The molecule has 15 heteroatoms. The topological polar surface area (TPSA) is 114 Å². The van der Waals surface area contributed by atoms with E-state index in [-0.39, 0.29) is 35.0 Å². The van der Waals surface area contributed by atoms with E-state index in [0.717, 1.165) is 29.5 Å². The summed E-state index contributed by atoms with van der Waals surface area (Å²) < 4.78 is 41.0. The van der Waals surface area contributed by atoms with Crippen LogP contribution in [0.2, 0.25) is 5.02 Å². The fourth-order valence-corrected chi connectivity index (χ4v) is 7.24. The van der Waals surface area contributed by atoms with Crippen molar-refractivity contribution in [3.63, 3.8) is 0 Å². The second-order valence-corrected chi connectivity index (χ2v) is 13.1. The second kappa shape index (κ2) is 13.0. The van der Waals surface area contributed by atoms with Crippen molar-refractivity contribution in [1.29, 1.82) is 0 Å². The van der Waals surface area contributed by atoms with E-state index < -0.39 is 29.5 Å². The molecular formula is C29H37ClF3N7O3S. The van der Waals surface area contributed by atoms with Gasteiger partial charge in [-0.25, -0.2) is 9.59 Å². The number of rotatable bonds is 6. The summed E-state index contributed by atoms with van der Waals surface area (Å²) in [5, 5.41) is 8.26. The number of amides is 5. The standard InChI is InChI=1S/C29H37ClF3N7O3S/c1-37(2)19-3-8-38(9-4-19)26(41)23(15-17-13-21(29(31,32)33)24(34)22(30)14-17)35-27(42)39-10-5-20(6-11-39)40-16-18-7-12-44-25(18)36-28(40)43/h7,12-14,19-20,23H,3-6,8-11,15-16,34H2,1-2H3,(H,35,42)(H,36,43)/t23-/m1/s1.